The predicted octanol–water partition coefficient (Wildman–Crippen LogP) is 9.08. The third-order valence-corrected chi connectivity index (χ3v) is 11.7. The quantitative estimate of drug-likeness (QED) is 0.206. The Morgan fingerprint density at radius 3 is 1.41 bits per heavy atom. The molecule has 160 valence electrons. The SMILES string of the molecule is OC(c1cc2sc(C(O)c3c(Br)sc4ccccc34)cc2s1)c1c(Br)sc2ccccc12. The van der Waals surface area contributed by atoms with Gasteiger partial charge in [0.1, 0.15) is 12.2 Å². The first kappa shape index (κ1) is 21.4. The Labute approximate surface area is 216 Å². The molecule has 2 N–H and O–H groups in total. The van der Waals surface area contributed by atoms with Gasteiger partial charge in [0.2, 0.25) is 0 Å². The van der Waals surface area contributed by atoms with E-state index in [2.05, 4.69) is 68.3 Å². The van der Waals surface area contributed by atoms with Crippen molar-refractivity contribution in [1.82, 2.24) is 0 Å². The molecule has 0 aliphatic heterocycles. The molecule has 2 unspecified atom stereocenters. The highest BCUT2D eigenvalue weighted by Gasteiger charge is 2.25. The lowest BCUT2D eigenvalue weighted by Gasteiger charge is -2.10. The number of aliphatic hydroxyl groups excluding tert-OH is 2. The van der Waals surface area contributed by atoms with Crippen LogP contribution in [0, 0.1) is 0 Å². The highest BCUT2D eigenvalue weighted by atomic mass is 79.9. The lowest BCUT2D eigenvalue weighted by molar-refractivity contribution is 0.225. The van der Waals surface area contributed by atoms with E-state index in [1.807, 2.05) is 24.3 Å². The number of hydrogen-bond acceptors (Lipinski definition) is 6. The van der Waals surface area contributed by atoms with Gasteiger partial charge in [-0.15, -0.1) is 45.3 Å². The van der Waals surface area contributed by atoms with Crippen molar-refractivity contribution < 1.29 is 10.2 Å². The minimum Gasteiger partial charge on any atom is -0.383 e. The largest absolute Gasteiger partial charge is 0.383 e. The molecule has 0 spiro atoms. The van der Waals surface area contributed by atoms with Crippen LogP contribution in [-0.4, -0.2) is 10.2 Å². The van der Waals surface area contributed by atoms with Crippen molar-refractivity contribution >= 4 is 107 Å². The average Bonchev–Trinajstić information content (AvgIpc) is 3.51. The molecule has 0 bridgehead atoms. The van der Waals surface area contributed by atoms with E-state index in [9.17, 15) is 10.2 Å². The van der Waals surface area contributed by atoms with Crippen LogP contribution in [0.15, 0.2) is 68.2 Å². The van der Waals surface area contributed by atoms with E-state index >= 15 is 0 Å². The molecule has 0 saturated carbocycles. The van der Waals surface area contributed by atoms with Crippen LogP contribution in [0.2, 0.25) is 0 Å². The van der Waals surface area contributed by atoms with Gasteiger partial charge in [-0.1, -0.05) is 36.4 Å². The van der Waals surface area contributed by atoms with Gasteiger partial charge >= 0.3 is 0 Å². The maximum Gasteiger partial charge on any atom is 0.116 e. The first-order chi connectivity index (χ1) is 15.5. The Bertz CT molecular complexity index is 1460. The summed E-state index contributed by atoms with van der Waals surface area (Å²) in [4.78, 5) is 1.83. The van der Waals surface area contributed by atoms with Gasteiger partial charge in [0.05, 0.1) is 7.57 Å². The van der Waals surface area contributed by atoms with E-state index in [0.717, 1.165) is 58.0 Å². The Balaban J connectivity index is 1.37. The molecule has 6 aromatic rings. The van der Waals surface area contributed by atoms with Gasteiger partial charge in [0, 0.05) is 39.7 Å². The molecule has 6 rings (SSSR count). The second-order valence-electron chi connectivity index (χ2n) is 7.40. The summed E-state index contributed by atoms with van der Waals surface area (Å²) in [5.74, 6) is 0. The highest BCUT2D eigenvalue weighted by molar-refractivity contribution is 9.11. The van der Waals surface area contributed by atoms with Crippen LogP contribution in [0.4, 0.5) is 0 Å². The lowest BCUT2D eigenvalue weighted by Crippen LogP contribution is -1.97. The van der Waals surface area contributed by atoms with E-state index in [4.69, 9.17) is 0 Å². The van der Waals surface area contributed by atoms with Crippen LogP contribution in [0.3, 0.4) is 0 Å². The zero-order chi connectivity index (χ0) is 22.0. The van der Waals surface area contributed by atoms with Gasteiger partial charge in [-0.25, -0.2) is 0 Å². The molecule has 32 heavy (non-hydrogen) atoms. The molecule has 0 aliphatic carbocycles. The molecule has 0 radical (unpaired) electrons. The van der Waals surface area contributed by atoms with E-state index in [-0.39, 0.29) is 0 Å². The second-order valence-corrected chi connectivity index (χ2v) is 14.4. The van der Waals surface area contributed by atoms with Crippen LogP contribution in [-0.2, 0) is 0 Å². The van der Waals surface area contributed by atoms with E-state index in [1.165, 1.54) is 0 Å². The highest BCUT2D eigenvalue weighted by Crippen LogP contribution is 2.47. The zero-order valence-electron chi connectivity index (χ0n) is 16.2. The molecule has 0 amide bonds. The van der Waals surface area contributed by atoms with E-state index in [0.29, 0.717) is 0 Å². The smallest absolute Gasteiger partial charge is 0.116 e. The van der Waals surface area contributed by atoms with Gasteiger partial charge in [0.25, 0.3) is 0 Å². The van der Waals surface area contributed by atoms with Crippen LogP contribution in [0.5, 0.6) is 0 Å². The Morgan fingerprint density at radius 2 is 0.969 bits per heavy atom. The summed E-state index contributed by atoms with van der Waals surface area (Å²) in [5, 5.41) is 24.6. The monoisotopic (exact) mass is 620 g/mol. The Kier molecular flexibility index (Phi) is 5.55. The normalized spacial score (nSPS) is 14.0. The fraction of sp³-hybridized carbons (Fsp3) is 0.0833. The van der Waals surface area contributed by atoms with E-state index < -0.39 is 12.2 Å². The van der Waals surface area contributed by atoms with Crippen LogP contribution in [0.1, 0.15) is 33.1 Å². The third-order valence-electron chi connectivity index (χ3n) is 5.51. The van der Waals surface area contributed by atoms with Crippen molar-refractivity contribution in [3.8, 4) is 0 Å². The average molecular weight is 622 g/mol. The second kappa shape index (κ2) is 8.29. The van der Waals surface area contributed by atoms with Gasteiger partial charge in [-0.2, -0.15) is 0 Å². The fourth-order valence-corrected chi connectivity index (χ4v) is 10.2. The first-order valence-electron chi connectivity index (χ1n) is 9.74. The molecule has 0 fully saturated rings. The minimum atomic E-state index is -0.687. The minimum absolute atomic E-state index is 0.687. The summed E-state index contributed by atoms with van der Waals surface area (Å²) in [6.45, 7) is 0. The van der Waals surface area contributed by atoms with Crippen LogP contribution < -0.4 is 0 Å². The standard InChI is InChI=1S/C24H14Br2O2S4/c25-23-19(11-5-1-3-7-13(11)31-23)21(27)17-9-15-16(29-17)10-18(30-15)22(28)20-12-6-2-4-8-14(12)32-24(20)26/h1-10,21-22,27-28H. The number of thiophene rings is 4. The Hall–Kier alpha value is -1.10. The molecular formula is C24H14Br2O2S4. The van der Waals surface area contributed by atoms with E-state index in [1.54, 1.807) is 45.3 Å². The number of halogens is 2. The van der Waals surface area contributed by atoms with Gasteiger partial charge < -0.3 is 10.2 Å². The summed E-state index contributed by atoms with van der Waals surface area (Å²) < 4.78 is 6.42. The zero-order valence-corrected chi connectivity index (χ0v) is 22.6. The molecule has 4 heterocycles. The summed E-state index contributed by atoms with van der Waals surface area (Å²) in [6.07, 6.45) is -1.37. The van der Waals surface area contributed by atoms with Crippen molar-refractivity contribution in [2.24, 2.45) is 0 Å². The van der Waals surface area contributed by atoms with Crippen molar-refractivity contribution in [3.05, 3.63) is 89.1 Å². The fourth-order valence-electron chi connectivity index (χ4n) is 4.01. The lowest BCUT2D eigenvalue weighted by atomic mass is 10.1. The van der Waals surface area contributed by atoms with Crippen molar-refractivity contribution in [3.63, 3.8) is 0 Å². The molecule has 2 nitrogen and oxygen atoms in total. The number of aliphatic hydroxyl groups is 2. The predicted molar refractivity (Wildman–Crippen MR) is 147 cm³/mol. The molecule has 4 aromatic heterocycles. The number of fused-ring (bicyclic) bond motifs is 3. The molecule has 0 saturated heterocycles. The molecule has 2 atom stereocenters. The van der Waals surface area contributed by atoms with Gasteiger partial charge in [-0.3, -0.25) is 0 Å². The summed E-state index contributed by atoms with van der Waals surface area (Å²) in [7, 11) is 0. The van der Waals surface area contributed by atoms with Crippen molar-refractivity contribution in [2.45, 2.75) is 12.2 Å². The molecule has 2 aromatic carbocycles. The summed E-state index contributed by atoms with van der Waals surface area (Å²) in [6, 6.07) is 20.4. The Morgan fingerprint density at radius 1 is 0.562 bits per heavy atom. The number of benzene rings is 2. The molecule has 0 aliphatic rings. The maximum absolute atomic E-state index is 11.2. The van der Waals surface area contributed by atoms with Gasteiger partial charge in [-0.05, 0) is 66.9 Å². The molecule has 8 heteroatoms. The number of rotatable bonds is 4. The topological polar surface area (TPSA) is 40.5 Å². The number of hydrogen-bond donors (Lipinski definition) is 2. The third kappa shape index (κ3) is 3.44. The first-order valence-corrected chi connectivity index (χ1v) is 14.6. The maximum atomic E-state index is 11.2. The van der Waals surface area contributed by atoms with Crippen LogP contribution in [0.25, 0.3) is 29.6 Å². The van der Waals surface area contributed by atoms with Crippen LogP contribution >= 0.6 is 77.2 Å². The summed E-state index contributed by atoms with van der Waals surface area (Å²) in [5.41, 5.74) is 1.85. The van der Waals surface area contributed by atoms with Gasteiger partial charge in [0.15, 0.2) is 0 Å². The van der Waals surface area contributed by atoms with Crippen molar-refractivity contribution in [1.29, 1.82) is 0 Å². The van der Waals surface area contributed by atoms with Crippen molar-refractivity contribution in [2.75, 3.05) is 0 Å². The summed E-state index contributed by atoms with van der Waals surface area (Å²) >= 11 is 13.8. The molecular weight excluding hydrogens is 608 g/mol.